The van der Waals surface area contributed by atoms with E-state index >= 15 is 4.39 Å². The molecule has 47 heavy (non-hydrogen) atoms. The first-order valence-electron chi connectivity index (χ1n) is 15.4. The van der Waals surface area contributed by atoms with Crippen LogP contribution in [0.2, 0.25) is 5.02 Å². The molecule has 3 saturated heterocycles. The van der Waals surface area contributed by atoms with Gasteiger partial charge in [0.25, 0.3) is 0 Å². The van der Waals surface area contributed by atoms with Gasteiger partial charge in [0, 0.05) is 36.4 Å². The lowest BCUT2D eigenvalue weighted by molar-refractivity contribution is 0.0512. The van der Waals surface area contributed by atoms with Crippen LogP contribution in [0.1, 0.15) is 37.7 Å². The van der Waals surface area contributed by atoms with Gasteiger partial charge in [0.2, 0.25) is 6.43 Å². The zero-order valence-electron chi connectivity index (χ0n) is 24.8. The number of ether oxygens (including phenoxy) is 2. The maximum absolute atomic E-state index is 17.1. The monoisotopic (exact) mass is 690 g/mol. The summed E-state index contributed by atoms with van der Waals surface area (Å²) in [5.41, 5.74) is 5.22. The lowest BCUT2D eigenvalue weighted by Crippen LogP contribution is -2.47. The minimum absolute atomic E-state index is 0.0208. The predicted molar refractivity (Wildman–Crippen MR) is 168 cm³/mol. The Kier molecular flexibility index (Phi) is 7.31. The van der Waals surface area contributed by atoms with Gasteiger partial charge < -0.3 is 20.1 Å². The fourth-order valence-electron chi connectivity index (χ4n) is 7.96. The van der Waals surface area contributed by atoms with Gasteiger partial charge in [0.05, 0.1) is 32.3 Å². The van der Waals surface area contributed by atoms with Crippen LogP contribution in [0.5, 0.6) is 11.8 Å². The Balaban J connectivity index is 1.33. The minimum atomic E-state index is -2.52. The van der Waals surface area contributed by atoms with E-state index in [0.717, 1.165) is 36.8 Å². The summed E-state index contributed by atoms with van der Waals surface area (Å²) in [5.74, 6) is -2.11. The third kappa shape index (κ3) is 4.68. The highest BCUT2D eigenvalue weighted by Gasteiger charge is 2.49. The van der Waals surface area contributed by atoms with E-state index in [1.54, 1.807) is 0 Å². The van der Waals surface area contributed by atoms with E-state index in [2.05, 4.69) is 9.88 Å². The highest BCUT2D eigenvalue weighted by Crippen LogP contribution is 2.52. The fraction of sp³-hybridized carbons (Fsp3) is 0.469. The van der Waals surface area contributed by atoms with Crippen LogP contribution in [0, 0.1) is 28.9 Å². The third-order valence-electron chi connectivity index (χ3n) is 10.2. The average molecular weight is 691 g/mol. The lowest BCUT2D eigenvalue weighted by atomic mass is 9.91. The summed E-state index contributed by atoms with van der Waals surface area (Å²) >= 11 is 7.81. The molecule has 6 heterocycles. The number of nitrogens with zero attached hydrogens (tertiary/aromatic N) is 5. The summed E-state index contributed by atoms with van der Waals surface area (Å²) in [5, 5.41) is 10.0. The number of hydrogen-bond acceptors (Lipinski definition) is 9. The number of aromatic nitrogens is 2. The van der Waals surface area contributed by atoms with E-state index in [9.17, 15) is 22.8 Å². The number of piperidine rings is 1. The van der Waals surface area contributed by atoms with Crippen molar-refractivity contribution in [1.29, 1.82) is 5.26 Å². The second kappa shape index (κ2) is 11.2. The number of halogens is 6. The predicted octanol–water partition coefficient (Wildman–Crippen LogP) is 7.09. The Morgan fingerprint density at radius 3 is 2.85 bits per heavy atom. The van der Waals surface area contributed by atoms with E-state index in [1.807, 2.05) is 11.0 Å². The van der Waals surface area contributed by atoms with Gasteiger partial charge in [0.15, 0.2) is 11.6 Å². The Morgan fingerprint density at radius 2 is 2.06 bits per heavy atom. The summed E-state index contributed by atoms with van der Waals surface area (Å²) in [6.45, 7) is 1.30. The molecule has 0 saturated carbocycles. The molecule has 2 aromatic carbocycles. The topological polar surface area (TPSA) is 101 Å². The van der Waals surface area contributed by atoms with Crippen molar-refractivity contribution in [3.8, 4) is 29.0 Å². The number of rotatable bonds is 5. The van der Waals surface area contributed by atoms with Gasteiger partial charge in [-0.25, -0.2) is 22.0 Å². The van der Waals surface area contributed by atoms with Crippen LogP contribution >= 0.6 is 22.9 Å². The molecule has 8 rings (SSSR count). The molecular formula is C32H28ClF5N6O2S. The van der Waals surface area contributed by atoms with Crippen molar-refractivity contribution in [3.05, 3.63) is 34.4 Å². The number of anilines is 2. The highest BCUT2D eigenvalue weighted by molar-refractivity contribution is 7.23. The van der Waals surface area contributed by atoms with Crippen molar-refractivity contribution in [2.45, 2.75) is 56.3 Å². The van der Waals surface area contributed by atoms with Crippen LogP contribution < -0.4 is 20.1 Å². The summed E-state index contributed by atoms with van der Waals surface area (Å²) in [6.07, 6.45) is -1.30. The quantitative estimate of drug-likeness (QED) is 0.222. The van der Waals surface area contributed by atoms with Crippen LogP contribution in [0.25, 0.3) is 32.1 Å². The molecule has 0 bridgehead atoms. The van der Waals surface area contributed by atoms with E-state index < -0.39 is 41.7 Å². The SMILES string of the molecule is N#Cc1c(N)sc2c(F)ccc(-c3c(Cl)c4c5c(nc(OC[C@@]67CCCN6C[C@H](F)C7)nc5c3F)N3CCC(C(F)F)CC3CO4)c12. The molecule has 0 radical (unpaired) electrons. The minimum Gasteiger partial charge on any atom is -0.489 e. The maximum atomic E-state index is 17.1. The van der Waals surface area contributed by atoms with E-state index in [4.69, 9.17) is 31.8 Å². The van der Waals surface area contributed by atoms with Crippen LogP contribution in [0.3, 0.4) is 0 Å². The first kappa shape index (κ1) is 30.7. The summed E-state index contributed by atoms with van der Waals surface area (Å²) < 4.78 is 86.6. The van der Waals surface area contributed by atoms with Gasteiger partial charge in [-0.3, -0.25) is 4.90 Å². The van der Waals surface area contributed by atoms with Gasteiger partial charge in [-0.15, -0.1) is 11.3 Å². The van der Waals surface area contributed by atoms with Gasteiger partial charge in [-0.2, -0.15) is 15.2 Å². The first-order valence-corrected chi connectivity index (χ1v) is 16.6. The normalized spacial score (nSPS) is 25.6. The molecule has 2 unspecified atom stereocenters. The number of thiophene rings is 1. The Hall–Kier alpha value is -3.67. The van der Waals surface area contributed by atoms with E-state index in [-0.39, 0.29) is 97.9 Å². The largest absolute Gasteiger partial charge is 0.489 e. The molecular weight excluding hydrogens is 663 g/mol. The molecule has 4 aromatic rings. The van der Waals surface area contributed by atoms with Crippen LogP contribution in [0.4, 0.5) is 32.8 Å². The fourth-order valence-corrected chi connectivity index (χ4v) is 9.25. The second-order valence-corrected chi connectivity index (χ2v) is 14.2. The van der Waals surface area contributed by atoms with Crippen molar-refractivity contribution in [2.24, 2.45) is 5.92 Å². The molecule has 246 valence electrons. The standard InChI is InChI=1S/C32H28ClF5N6O2S/c33-23-21(17-2-3-19(35)27-20(17)18(10-39)29(40)47-27)24(36)25-22-26(23)45-12-16-8-14(28(37)38)4-7-44(16)30(22)42-31(41-25)46-13-32-5-1-6-43(32)11-15(34)9-32/h2-3,14-16,28H,1,4-9,11-13,40H2/t14?,15-,16?,32+/m1/s1. The van der Waals surface area contributed by atoms with Crippen LogP contribution in [0.15, 0.2) is 12.1 Å². The maximum Gasteiger partial charge on any atom is 0.319 e. The van der Waals surface area contributed by atoms with Crippen molar-refractivity contribution in [3.63, 3.8) is 0 Å². The Morgan fingerprint density at radius 1 is 1.23 bits per heavy atom. The van der Waals surface area contributed by atoms with Gasteiger partial charge in [-0.1, -0.05) is 17.7 Å². The van der Waals surface area contributed by atoms with Crippen molar-refractivity contribution in [1.82, 2.24) is 14.9 Å². The summed E-state index contributed by atoms with van der Waals surface area (Å²) in [6, 6.07) is 3.76. The van der Waals surface area contributed by atoms with Crippen molar-refractivity contribution in [2.75, 3.05) is 43.5 Å². The smallest absolute Gasteiger partial charge is 0.319 e. The van der Waals surface area contributed by atoms with E-state index in [0.29, 0.717) is 13.0 Å². The molecule has 15 heteroatoms. The molecule has 3 fully saturated rings. The molecule has 4 aliphatic rings. The van der Waals surface area contributed by atoms with E-state index in [1.165, 1.54) is 6.07 Å². The number of alkyl halides is 3. The van der Waals surface area contributed by atoms with Gasteiger partial charge in [-0.05, 0) is 43.9 Å². The lowest BCUT2D eigenvalue weighted by Gasteiger charge is -2.38. The highest BCUT2D eigenvalue weighted by atomic mass is 35.5. The number of nitriles is 1. The molecule has 2 N–H and O–H groups in total. The number of benzene rings is 2. The zero-order valence-corrected chi connectivity index (χ0v) is 26.4. The number of nitrogen functional groups attached to an aromatic ring is 1. The molecule has 4 aliphatic heterocycles. The molecule has 0 spiro atoms. The molecule has 0 amide bonds. The average Bonchev–Trinajstić information content (AvgIpc) is 3.66. The van der Waals surface area contributed by atoms with Crippen LogP contribution in [-0.4, -0.2) is 71.9 Å². The molecule has 8 nitrogen and oxygen atoms in total. The summed E-state index contributed by atoms with van der Waals surface area (Å²) in [7, 11) is 0. The number of fused-ring (bicyclic) bond motifs is 4. The molecule has 2 aromatic heterocycles. The third-order valence-corrected chi connectivity index (χ3v) is 11.6. The zero-order chi connectivity index (χ0) is 32.8. The first-order chi connectivity index (χ1) is 22.6. The Labute approximate surface area is 274 Å². The van der Waals surface area contributed by atoms with Crippen molar-refractivity contribution < 1.29 is 31.4 Å². The number of hydrogen-bond donors (Lipinski definition) is 1. The number of nitrogens with two attached hydrogens (primary N) is 1. The summed E-state index contributed by atoms with van der Waals surface area (Å²) in [4.78, 5) is 13.1. The Bertz CT molecular complexity index is 1990. The van der Waals surface area contributed by atoms with Crippen molar-refractivity contribution >= 4 is 54.7 Å². The second-order valence-electron chi connectivity index (χ2n) is 12.8. The van der Waals surface area contributed by atoms with Gasteiger partial charge in [0.1, 0.15) is 47.6 Å². The van der Waals surface area contributed by atoms with Crippen LogP contribution in [-0.2, 0) is 0 Å². The van der Waals surface area contributed by atoms with Gasteiger partial charge >= 0.3 is 6.01 Å². The molecule has 4 atom stereocenters. The molecule has 0 aliphatic carbocycles.